The highest BCUT2D eigenvalue weighted by atomic mass is 28.4. The molecule has 1 unspecified atom stereocenters. The van der Waals surface area contributed by atoms with Crippen LogP contribution < -0.4 is 5.32 Å². The van der Waals surface area contributed by atoms with Gasteiger partial charge in [-0.25, -0.2) is 0 Å². The molecule has 5 nitrogen and oxygen atoms in total. The first-order valence-electron chi connectivity index (χ1n) is 6.81. The Morgan fingerprint density at radius 3 is 1.77 bits per heavy atom. The molecule has 22 heavy (non-hydrogen) atoms. The summed E-state index contributed by atoms with van der Waals surface area (Å²) in [6.45, 7) is 12.1. The first-order chi connectivity index (χ1) is 9.53. The van der Waals surface area contributed by atoms with Crippen molar-refractivity contribution < 1.29 is 31.6 Å². The van der Waals surface area contributed by atoms with Crippen molar-refractivity contribution in [3.05, 3.63) is 0 Å². The van der Waals surface area contributed by atoms with Gasteiger partial charge in [0, 0.05) is 0 Å². The van der Waals surface area contributed by atoms with Gasteiger partial charge in [0.05, 0.1) is 6.10 Å². The molecule has 0 aromatic rings. The number of carbonyl (C=O) groups excluding carboxylic acids is 2. The van der Waals surface area contributed by atoms with Gasteiger partial charge in [0.25, 0.3) is 0 Å². The highest BCUT2D eigenvalue weighted by Crippen LogP contribution is 2.18. The summed E-state index contributed by atoms with van der Waals surface area (Å²) in [6, 6.07) is -1.49. The van der Waals surface area contributed by atoms with E-state index in [1.165, 1.54) is 6.92 Å². The van der Waals surface area contributed by atoms with E-state index in [1.54, 1.807) is 25.0 Å². The maximum Gasteiger partial charge on any atom is 0.471 e. The van der Waals surface area contributed by atoms with Crippen LogP contribution in [0, 0.1) is 0 Å². The second kappa shape index (κ2) is 7.13. The van der Waals surface area contributed by atoms with E-state index in [9.17, 15) is 22.8 Å². The number of carbonyl (C=O) groups is 2. The lowest BCUT2D eigenvalue weighted by Gasteiger charge is -2.31. The zero-order valence-electron chi connectivity index (χ0n) is 13.9. The van der Waals surface area contributed by atoms with Crippen LogP contribution in [-0.2, 0) is 18.4 Å². The van der Waals surface area contributed by atoms with Gasteiger partial charge in [0.1, 0.15) is 0 Å². The van der Waals surface area contributed by atoms with Crippen molar-refractivity contribution in [2.45, 2.75) is 64.5 Å². The molecule has 130 valence electrons. The standard InChI is InChI=1S/C12H24F3NO4Si2/c1-8(19-21(2,3)4)9(10(17)20-22(5,6)7)16-11(18)12(13,14)15/h8-9H,1-7H3,(H,16,18)/t8?,9-/m0/s1. The van der Waals surface area contributed by atoms with Gasteiger partial charge in [0.15, 0.2) is 14.4 Å². The van der Waals surface area contributed by atoms with E-state index >= 15 is 0 Å². The molecule has 0 aromatic heterocycles. The van der Waals surface area contributed by atoms with E-state index < -0.39 is 46.8 Å². The lowest BCUT2D eigenvalue weighted by molar-refractivity contribution is -0.176. The summed E-state index contributed by atoms with van der Waals surface area (Å²) in [4.78, 5) is 23.3. The Hall–Kier alpha value is -0.876. The molecule has 0 aliphatic rings. The van der Waals surface area contributed by atoms with Gasteiger partial charge >= 0.3 is 18.1 Å². The maximum absolute atomic E-state index is 12.4. The van der Waals surface area contributed by atoms with Gasteiger partial charge < -0.3 is 14.2 Å². The van der Waals surface area contributed by atoms with Gasteiger partial charge in [-0.1, -0.05) is 0 Å². The maximum atomic E-state index is 12.4. The highest BCUT2D eigenvalue weighted by molar-refractivity contribution is 6.71. The smallest absolute Gasteiger partial charge is 0.471 e. The minimum Gasteiger partial charge on any atom is -0.518 e. The number of hydrogen-bond donors (Lipinski definition) is 1. The van der Waals surface area contributed by atoms with Crippen molar-refractivity contribution in [3.63, 3.8) is 0 Å². The van der Waals surface area contributed by atoms with Crippen LogP contribution in [0.15, 0.2) is 0 Å². The SMILES string of the molecule is CC(O[Si](C)(C)C)[C@H](NC(=O)C(F)(F)F)C(=O)O[Si](C)(C)C. The molecule has 0 aliphatic carbocycles. The molecular formula is C12H24F3NO4Si2. The third-order valence-corrected chi connectivity index (χ3v) is 4.11. The number of nitrogens with one attached hydrogen (secondary N) is 1. The van der Waals surface area contributed by atoms with Crippen molar-refractivity contribution >= 4 is 28.5 Å². The van der Waals surface area contributed by atoms with Crippen LogP contribution in [0.5, 0.6) is 0 Å². The van der Waals surface area contributed by atoms with Crippen molar-refractivity contribution in [2.24, 2.45) is 0 Å². The minimum atomic E-state index is -5.07. The molecule has 0 rings (SSSR count). The molecule has 0 bridgehead atoms. The predicted molar refractivity (Wildman–Crippen MR) is 81.3 cm³/mol. The van der Waals surface area contributed by atoms with Gasteiger partial charge in [0.2, 0.25) is 8.32 Å². The second-order valence-electron chi connectivity index (χ2n) is 6.92. The Kier molecular flexibility index (Phi) is 6.85. The molecule has 0 radical (unpaired) electrons. The Balaban J connectivity index is 5.23. The van der Waals surface area contributed by atoms with Crippen LogP contribution in [0.25, 0.3) is 0 Å². The molecule has 10 heteroatoms. The summed E-state index contributed by atoms with van der Waals surface area (Å²) in [5, 5.41) is 1.68. The van der Waals surface area contributed by atoms with Gasteiger partial charge in [-0.05, 0) is 46.2 Å². The molecule has 1 amide bonds. The summed E-state index contributed by atoms with van der Waals surface area (Å²) in [5.41, 5.74) is 0. The highest BCUT2D eigenvalue weighted by Gasteiger charge is 2.43. The molecule has 0 aromatic carbocycles. The molecule has 1 N–H and O–H groups in total. The van der Waals surface area contributed by atoms with E-state index in [0.717, 1.165) is 0 Å². The Morgan fingerprint density at radius 2 is 1.45 bits per heavy atom. The largest absolute Gasteiger partial charge is 0.518 e. The van der Waals surface area contributed by atoms with Gasteiger partial charge in [-0.2, -0.15) is 13.2 Å². The molecular weight excluding hydrogens is 335 g/mol. The van der Waals surface area contributed by atoms with Crippen molar-refractivity contribution in [1.82, 2.24) is 5.32 Å². The Morgan fingerprint density at radius 1 is 1.00 bits per heavy atom. The van der Waals surface area contributed by atoms with E-state index in [0.29, 0.717) is 0 Å². The summed E-state index contributed by atoms with van der Waals surface area (Å²) in [7, 11) is -4.42. The van der Waals surface area contributed by atoms with Crippen LogP contribution in [0.4, 0.5) is 13.2 Å². The number of hydrogen-bond acceptors (Lipinski definition) is 4. The lowest BCUT2D eigenvalue weighted by atomic mass is 10.2. The zero-order valence-corrected chi connectivity index (χ0v) is 15.9. The van der Waals surface area contributed by atoms with Crippen LogP contribution in [0.1, 0.15) is 6.92 Å². The molecule has 0 heterocycles. The summed E-state index contributed by atoms with van der Waals surface area (Å²) < 4.78 is 48.1. The Labute approximate surface area is 130 Å². The summed E-state index contributed by atoms with van der Waals surface area (Å²) in [6.07, 6.45) is -5.99. The fourth-order valence-corrected chi connectivity index (χ4v) is 3.56. The third kappa shape index (κ3) is 8.54. The number of rotatable bonds is 6. The molecule has 0 saturated heterocycles. The monoisotopic (exact) mass is 359 g/mol. The minimum absolute atomic E-state index is 0.900. The van der Waals surface area contributed by atoms with Crippen molar-refractivity contribution in [2.75, 3.05) is 0 Å². The number of alkyl halides is 3. The van der Waals surface area contributed by atoms with E-state index in [4.69, 9.17) is 8.85 Å². The first-order valence-corrected chi connectivity index (χ1v) is 13.6. The normalized spacial score (nSPS) is 15.9. The molecule has 2 atom stereocenters. The van der Waals surface area contributed by atoms with Crippen molar-refractivity contribution in [1.29, 1.82) is 0 Å². The second-order valence-corrected chi connectivity index (χ2v) is 15.8. The first kappa shape index (κ1) is 21.1. The van der Waals surface area contributed by atoms with Gasteiger partial charge in [-0.3, -0.25) is 9.59 Å². The van der Waals surface area contributed by atoms with Crippen molar-refractivity contribution in [3.8, 4) is 0 Å². The number of amides is 1. The van der Waals surface area contributed by atoms with E-state index in [1.807, 2.05) is 19.6 Å². The fraction of sp³-hybridized carbons (Fsp3) is 0.833. The molecule has 0 aliphatic heterocycles. The van der Waals surface area contributed by atoms with E-state index in [2.05, 4.69) is 0 Å². The zero-order chi connectivity index (χ0) is 17.9. The summed E-state index contributed by atoms with van der Waals surface area (Å²) in [5.74, 6) is -3.08. The fourth-order valence-electron chi connectivity index (χ4n) is 1.58. The van der Waals surface area contributed by atoms with Crippen LogP contribution in [-0.4, -0.2) is 46.8 Å². The van der Waals surface area contributed by atoms with E-state index in [-0.39, 0.29) is 0 Å². The number of halogens is 3. The van der Waals surface area contributed by atoms with Crippen LogP contribution >= 0.6 is 0 Å². The summed E-state index contributed by atoms with van der Waals surface area (Å²) >= 11 is 0. The molecule has 0 saturated carbocycles. The molecule has 0 fully saturated rings. The van der Waals surface area contributed by atoms with Gasteiger partial charge in [-0.15, -0.1) is 0 Å². The average molecular weight is 359 g/mol. The Bertz CT molecular complexity index is 416. The average Bonchev–Trinajstić information content (AvgIpc) is 2.18. The van der Waals surface area contributed by atoms with Crippen LogP contribution in [0.2, 0.25) is 39.3 Å². The lowest BCUT2D eigenvalue weighted by Crippen LogP contribution is -2.56. The van der Waals surface area contributed by atoms with Crippen LogP contribution in [0.3, 0.4) is 0 Å². The predicted octanol–water partition coefficient (Wildman–Crippen LogP) is 2.65. The third-order valence-electron chi connectivity index (χ3n) is 2.21. The topological polar surface area (TPSA) is 64.6 Å². The quantitative estimate of drug-likeness (QED) is 0.741. The molecule has 0 spiro atoms.